The van der Waals surface area contributed by atoms with Gasteiger partial charge in [0, 0.05) is 11.5 Å². The van der Waals surface area contributed by atoms with Gasteiger partial charge in [0.2, 0.25) is 0 Å². The van der Waals surface area contributed by atoms with Gasteiger partial charge in [0.05, 0.1) is 49.3 Å². The third-order valence-electron chi connectivity index (χ3n) is 9.23. The Bertz CT molecular complexity index is 1640. The Morgan fingerprint density at radius 2 is 1.28 bits per heavy atom. The summed E-state index contributed by atoms with van der Waals surface area (Å²) in [4.78, 5) is 0.366. The average molecular weight is 655 g/mol. The van der Waals surface area contributed by atoms with E-state index in [4.69, 9.17) is 18.9 Å². The predicted octanol–water partition coefficient (Wildman–Crippen LogP) is 8.04. The molecule has 2 heterocycles. The Morgan fingerprint density at radius 1 is 0.681 bits per heavy atom. The van der Waals surface area contributed by atoms with E-state index in [9.17, 15) is 8.42 Å². The van der Waals surface area contributed by atoms with Crippen LogP contribution in [0.15, 0.2) is 114 Å². The first kappa shape index (κ1) is 33.6. The van der Waals surface area contributed by atoms with Crippen molar-refractivity contribution in [1.82, 2.24) is 0 Å². The molecule has 0 saturated carbocycles. The highest BCUT2D eigenvalue weighted by atomic mass is 32.2. The number of hydrogen-bond acceptors (Lipinski definition) is 6. The molecule has 0 spiro atoms. The fourth-order valence-electron chi connectivity index (χ4n) is 6.79. The van der Waals surface area contributed by atoms with Crippen LogP contribution in [0.4, 0.5) is 0 Å². The number of benzene rings is 4. The van der Waals surface area contributed by atoms with Crippen molar-refractivity contribution < 1.29 is 27.4 Å². The minimum Gasteiger partial charge on any atom is -0.374 e. The van der Waals surface area contributed by atoms with Crippen LogP contribution in [0.2, 0.25) is 0 Å². The van der Waals surface area contributed by atoms with E-state index in [1.54, 1.807) is 6.07 Å². The summed E-state index contributed by atoms with van der Waals surface area (Å²) in [5.74, 6) is -0.513. The van der Waals surface area contributed by atoms with Crippen molar-refractivity contribution in [2.45, 2.75) is 88.2 Å². The molecule has 5 atom stereocenters. The lowest BCUT2D eigenvalue weighted by atomic mass is 9.83. The molecule has 6 rings (SSSR count). The standard InChI is InChI=1S/C40H46O6S/c1-2-3-4-8-15-30-22-23-37-34(24-30)38-35(29-47(37,41)42)39(44-26-32-18-11-6-12-19-32)40(45-27-33-20-13-7-14-21-33)36(46-38)28-43-25-31-16-9-5-10-17-31/h5-7,9-14,16-24,35-36,38-40H,2-4,8,15,25-29H2,1H3/t35-,36+,38+,39+,40+/m0/s1. The van der Waals surface area contributed by atoms with Gasteiger partial charge >= 0.3 is 0 Å². The van der Waals surface area contributed by atoms with Crippen LogP contribution in [0.3, 0.4) is 0 Å². The Kier molecular flexibility index (Phi) is 11.6. The van der Waals surface area contributed by atoms with E-state index in [1.807, 2.05) is 97.1 Å². The second-order valence-electron chi connectivity index (χ2n) is 12.7. The van der Waals surface area contributed by atoms with Crippen molar-refractivity contribution in [1.29, 1.82) is 0 Å². The molecule has 0 amide bonds. The molecule has 7 heteroatoms. The van der Waals surface area contributed by atoms with Crippen LogP contribution < -0.4 is 0 Å². The first-order valence-corrected chi connectivity index (χ1v) is 18.6. The zero-order valence-corrected chi connectivity index (χ0v) is 28.0. The normalized spacial score (nSPS) is 23.1. The van der Waals surface area contributed by atoms with Gasteiger partial charge in [-0.3, -0.25) is 0 Å². The van der Waals surface area contributed by atoms with Crippen LogP contribution in [0, 0.1) is 5.92 Å². The summed E-state index contributed by atoms with van der Waals surface area (Å²) in [6, 6.07) is 35.9. The predicted molar refractivity (Wildman–Crippen MR) is 184 cm³/mol. The molecule has 6 nitrogen and oxygen atoms in total. The third kappa shape index (κ3) is 8.59. The molecule has 0 aliphatic carbocycles. The van der Waals surface area contributed by atoms with Gasteiger partial charge in [-0.1, -0.05) is 129 Å². The smallest absolute Gasteiger partial charge is 0.179 e. The molecule has 4 aromatic carbocycles. The summed E-state index contributed by atoms with van der Waals surface area (Å²) in [5, 5.41) is 0. The van der Waals surface area contributed by atoms with Crippen molar-refractivity contribution in [3.8, 4) is 0 Å². The quantitative estimate of drug-likeness (QED) is 0.121. The first-order valence-electron chi connectivity index (χ1n) is 17.0. The minimum absolute atomic E-state index is 0.0667. The zero-order valence-electron chi connectivity index (χ0n) is 27.2. The van der Waals surface area contributed by atoms with Crippen molar-refractivity contribution in [2.24, 2.45) is 5.92 Å². The highest BCUT2D eigenvalue weighted by Crippen LogP contribution is 2.47. The molecule has 0 aromatic heterocycles. The average Bonchev–Trinajstić information content (AvgIpc) is 3.10. The number of aryl methyl sites for hydroxylation is 1. The number of hydrogen-bond donors (Lipinski definition) is 0. The largest absolute Gasteiger partial charge is 0.374 e. The Morgan fingerprint density at radius 3 is 1.89 bits per heavy atom. The van der Waals surface area contributed by atoms with E-state index < -0.39 is 40.2 Å². The van der Waals surface area contributed by atoms with Crippen LogP contribution in [-0.4, -0.2) is 39.1 Å². The van der Waals surface area contributed by atoms with Crippen molar-refractivity contribution >= 4 is 9.84 Å². The summed E-state index contributed by atoms with van der Waals surface area (Å²) in [5.41, 5.74) is 4.98. The maximum atomic E-state index is 13.9. The van der Waals surface area contributed by atoms with E-state index >= 15 is 0 Å². The lowest BCUT2D eigenvalue weighted by molar-refractivity contribution is -0.245. The summed E-state index contributed by atoms with van der Waals surface area (Å²) in [6.07, 6.45) is 3.47. The van der Waals surface area contributed by atoms with Crippen LogP contribution >= 0.6 is 0 Å². The number of unbranched alkanes of at least 4 members (excludes halogenated alkanes) is 3. The molecule has 0 radical (unpaired) electrons. The van der Waals surface area contributed by atoms with Gasteiger partial charge in [0.1, 0.15) is 12.2 Å². The maximum absolute atomic E-state index is 13.9. The van der Waals surface area contributed by atoms with Crippen LogP contribution in [0.1, 0.15) is 66.5 Å². The SMILES string of the molecule is CCCCCCc1ccc2c(c1)[C@H]1O[C@H](COCc3ccccc3)[C@@H](OCc3ccccc3)[C@H](OCc3ccccc3)[C@H]1CS2(=O)=O. The third-order valence-corrected chi connectivity index (χ3v) is 11.1. The Labute approximate surface area is 280 Å². The highest BCUT2D eigenvalue weighted by Gasteiger charge is 2.52. The van der Waals surface area contributed by atoms with E-state index in [-0.39, 0.29) is 12.4 Å². The number of sulfone groups is 1. The second-order valence-corrected chi connectivity index (χ2v) is 14.7. The Hall–Kier alpha value is -3.33. The number of fused-ring (bicyclic) bond motifs is 3. The summed E-state index contributed by atoms with van der Waals surface area (Å²) in [6.45, 7) is 3.60. The molecule has 0 bridgehead atoms. The molecule has 1 saturated heterocycles. The van der Waals surface area contributed by atoms with Crippen molar-refractivity contribution in [3.05, 3.63) is 137 Å². The van der Waals surface area contributed by atoms with E-state index in [0.717, 1.165) is 47.1 Å². The molecule has 248 valence electrons. The summed E-state index contributed by atoms with van der Waals surface area (Å²) in [7, 11) is -3.58. The van der Waals surface area contributed by atoms with E-state index in [1.165, 1.54) is 12.8 Å². The molecule has 1 fully saturated rings. The molecular formula is C40H46O6S. The maximum Gasteiger partial charge on any atom is 0.179 e. The lowest BCUT2D eigenvalue weighted by Crippen LogP contribution is -2.57. The number of rotatable bonds is 15. The van der Waals surface area contributed by atoms with E-state index in [0.29, 0.717) is 24.7 Å². The van der Waals surface area contributed by atoms with Crippen molar-refractivity contribution in [2.75, 3.05) is 12.4 Å². The molecule has 0 N–H and O–H groups in total. The van der Waals surface area contributed by atoms with Gasteiger partial charge in [0.25, 0.3) is 0 Å². The van der Waals surface area contributed by atoms with Gasteiger partial charge in [-0.25, -0.2) is 8.42 Å². The molecule has 2 aliphatic rings. The van der Waals surface area contributed by atoms with Gasteiger partial charge in [-0.05, 0) is 41.2 Å². The van der Waals surface area contributed by atoms with E-state index in [2.05, 4.69) is 13.0 Å². The highest BCUT2D eigenvalue weighted by molar-refractivity contribution is 7.91. The molecular weight excluding hydrogens is 609 g/mol. The number of ether oxygens (including phenoxy) is 4. The topological polar surface area (TPSA) is 71.1 Å². The van der Waals surface area contributed by atoms with Gasteiger partial charge in [0.15, 0.2) is 9.84 Å². The van der Waals surface area contributed by atoms with Gasteiger partial charge in [-0.2, -0.15) is 0 Å². The molecule has 4 aromatic rings. The van der Waals surface area contributed by atoms with Crippen molar-refractivity contribution in [3.63, 3.8) is 0 Å². The van der Waals surface area contributed by atoms with Crippen LogP contribution in [-0.2, 0) is 55.0 Å². The first-order chi connectivity index (χ1) is 23.0. The fourth-order valence-corrected chi connectivity index (χ4v) is 8.65. The monoisotopic (exact) mass is 654 g/mol. The Balaban J connectivity index is 1.33. The molecule has 2 aliphatic heterocycles. The van der Waals surface area contributed by atoms with Crippen LogP contribution in [0.5, 0.6) is 0 Å². The van der Waals surface area contributed by atoms with Gasteiger partial charge < -0.3 is 18.9 Å². The molecule has 47 heavy (non-hydrogen) atoms. The minimum atomic E-state index is -3.58. The van der Waals surface area contributed by atoms with Gasteiger partial charge in [-0.15, -0.1) is 0 Å². The zero-order chi connectivity index (χ0) is 32.5. The van der Waals surface area contributed by atoms with Crippen LogP contribution in [0.25, 0.3) is 0 Å². The molecule has 0 unspecified atom stereocenters. The fraction of sp³-hybridized carbons (Fsp3) is 0.400. The second kappa shape index (κ2) is 16.2. The summed E-state index contributed by atoms with van der Waals surface area (Å²) >= 11 is 0. The summed E-state index contributed by atoms with van der Waals surface area (Å²) < 4.78 is 54.4. The lowest BCUT2D eigenvalue weighted by Gasteiger charge is -2.48.